The van der Waals surface area contributed by atoms with Gasteiger partial charge in [0.2, 0.25) is 0 Å². The monoisotopic (exact) mass is 295 g/mol. The molecule has 7 nitrogen and oxygen atoms in total. The number of aromatic amines is 1. The summed E-state index contributed by atoms with van der Waals surface area (Å²) in [6.07, 6.45) is -6.62. The number of ether oxygens (including phenoxy) is 2. The van der Waals surface area contributed by atoms with Crippen LogP contribution in [-0.2, 0) is 9.47 Å². The normalized spacial score (nSPS) is 41.6. The van der Waals surface area contributed by atoms with E-state index in [1.165, 1.54) is 6.07 Å². The highest BCUT2D eigenvalue weighted by Crippen LogP contribution is 2.37. The van der Waals surface area contributed by atoms with Gasteiger partial charge in [-0.25, -0.2) is 9.18 Å². The van der Waals surface area contributed by atoms with Crippen LogP contribution >= 0.6 is 12.2 Å². The van der Waals surface area contributed by atoms with Crippen molar-refractivity contribution in [1.29, 1.82) is 0 Å². The Bertz CT molecular complexity index is 700. The Morgan fingerprint density at radius 2 is 2.53 bits per heavy atom. The standard InChI is InChI=1S/C10H13FN2O5S/c1-17-4-10(11)7(15)6(14)8(18-10)13-3-2-5(19)12-9(13)16/h2-3,6-8,14-15H,4H2,1H3,(H,12,16,19)/t6-,7+,8-,10-/m1/s1/i4D2,8D. The molecule has 2 rings (SSSR count). The summed E-state index contributed by atoms with van der Waals surface area (Å²) in [7, 11) is 0.819. The molecule has 1 aliphatic heterocycles. The van der Waals surface area contributed by atoms with Crippen LogP contribution in [0.5, 0.6) is 0 Å². The van der Waals surface area contributed by atoms with Crippen molar-refractivity contribution in [2.75, 3.05) is 13.7 Å². The molecule has 1 aromatic heterocycles. The number of aliphatic hydroxyl groups excluding tert-OH is 2. The molecule has 106 valence electrons. The van der Waals surface area contributed by atoms with Gasteiger partial charge in [-0.3, -0.25) is 9.55 Å². The summed E-state index contributed by atoms with van der Waals surface area (Å²) in [6, 6.07) is 1.18. The summed E-state index contributed by atoms with van der Waals surface area (Å²) in [6.45, 7) is -3.18. The third-order valence-electron chi connectivity index (χ3n) is 2.49. The number of hydrogen-bond acceptors (Lipinski definition) is 6. The summed E-state index contributed by atoms with van der Waals surface area (Å²) in [5, 5.41) is 19.7. The number of nitrogens with one attached hydrogen (secondary N) is 1. The van der Waals surface area contributed by atoms with Gasteiger partial charge in [0.05, 0.1) is 4.11 Å². The van der Waals surface area contributed by atoms with Crippen LogP contribution in [-0.4, -0.2) is 51.5 Å². The summed E-state index contributed by atoms with van der Waals surface area (Å²) in [5.41, 5.74) is -1.00. The molecule has 0 spiro atoms. The van der Waals surface area contributed by atoms with Crippen molar-refractivity contribution in [3.63, 3.8) is 0 Å². The van der Waals surface area contributed by atoms with Gasteiger partial charge < -0.3 is 19.7 Å². The second kappa shape index (κ2) is 5.10. The van der Waals surface area contributed by atoms with Crippen LogP contribution in [0.2, 0.25) is 0 Å². The number of methoxy groups -OCH3 is 1. The average Bonchev–Trinajstić information content (AvgIpc) is 2.61. The Morgan fingerprint density at radius 3 is 3.11 bits per heavy atom. The highest BCUT2D eigenvalue weighted by Gasteiger charge is 2.56. The van der Waals surface area contributed by atoms with Crippen molar-refractivity contribution >= 4 is 12.2 Å². The van der Waals surface area contributed by atoms with Gasteiger partial charge in [0.25, 0.3) is 5.85 Å². The van der Waals surface area contributed by atoms with E-state index in [0.29, 0.717) is 4.57 Å². The molecule has 19 heavy (non-hydrogen) atoms. The third kappa shape index (κ3) is 2.47. The maximum absolute atomic E-state index is 14.7. The molecular weight excluding hydrogens is 279 g/mol. The van der Waals surface area contributed by atoms with Crippen LogP contribution < -0.4 is 5.69 Å². The van der Waals surface area contributed by atoms with Crippen LogP contribution in [0.25, 0.3) is 0 Å². The van der Waals surface area contributed by atoms with E-state index in [1.807, 2.05) is 0 Å². The molecule has 0 aromatic carbocycles. The fraction of sp³-hybridized carbons (Fsp3) is 0.600. The number of rotatable bonds is 3. The zero-order valence-electron chi connectivity index (χ0n) is 12.7. The Labute approximate surface area is 116 Å². The first kappa shape index (κ1) is 10.6. The molecule has 3 N–H and O–H groups in total. The lowest BCUT2D eigenvalue weighted by Gasteiger charge is -2.21. The largest absolute Gasteiger partial charge is 0.385 e. The van der Waals surface area contributed by atoms with Gasteiger partial charge in [-0.05, 0) is 6.07 Å². The van der Waals surface area contributed by atoms with Crippen LogP contribution in [0.4, 0.5) is 4.39 Å². The molecule has 0 amide bonds. The highest BCUT2D eigenvalue weighted by atomic mass is 32.1. The first-order valence-electron chi connectivity index (χ1n) is 6.62. The van der Waals surface area contributed by atoms with Gasteiger partial charge in [-0.1, -0.05) is 12.2 Å². The first-order chi connectivity index (χ1) is 9.99. The Morgan fingerprint density at radius 1 is 1.84 bits per heavy atom. The fourth-order valence-corrected chi connectivity index (χ4v) is 1.76. The number of aromatic nitrogens is 2. The zero-order chi connectivity index (χ0) is 16.9. The van der Waals surface area contributed by atoms with E-state index in [2.05, 4.69) is 14.5 Å². The second-order valence-electron chi connectivity index (χ2n) is 3.76. The molecule has 2 heterocycles. The van der Waals surface area contributed by atoms with Crippen LogP contribution in [0.3, 0.4) is 0 Å². The van der Waals surface area contributed by atoms with Crippen molar-refractivity contribution in [2.45, 2.75) is 24.3 Å². The van der Waals surface area contributed by atoms with Crippen molar-refractivity contribution < 1.29 is 28.2 Å². The van der Waals surface area contributed by atoms with Crippen LogP contribution in [0.1, 0.15) is 10.3 Å². The van der Waals surface area contributed by atoms with E-state index < -0.39 is 36.5 Å². The molecule has 1 saturated heterocycles. The van der Waals surface area contributed by atoms with Gasteiger partial charge in [-0.15, -0.1) is 0 Å². The van der Waals surface area contributed by atoms with Crippen molar-refractivity contribution in [3.8, 4) is 0 Å². The zero-order valence-corrected chi connectivity index (χ0v) is 10.5. The maximum Gasteiger partial charge on any atom is 0.328 e. The van der Waals surface area contributed by atoms with Crippen molar-refractivity contribution in [1.82, 2.24) is 9.55 Å². The summed E-state index contributed by atoms with van der Waals surface area (Å²) >= 11 is 4.71. The molecular formula is C10H13FN2O5S. The van der Waals surface area contributed by atoms with E-state index >= 15 is 0 Å². The molecule has 0 aliphatic carbocycles. The number of alkyl halides is 1. The minimum Gasteiger partial charge on any atom is -0.385 e. The number of halogens is 1. The van der Waals surface area contributed by atoms with Crippen molar-refractivity contribution in [3.05, 3.63) is 27.4 Å². The maximum atomic E-state index is 14.7. The Kier molecular flexibility index (Phi) is 2.85. The molecule has 0 unspecified atom stereocenters. The summed E-state index contributed by atoms with van der Waals surface area (Å²) in [5.74, 6) is -3.57. The van der Waals surface area contributed by atoms with Gasteiger partial charge in [0, 0.05) is 13.3 Å². The van der Waals surface area contributed by atoms with Crippen LogP contribution in [0.15, 0.2) is 17.1 Å². The fourth-order valence-electron chi connectivity index (χ4n) is 1.61. The molecule has 0 bridgehead atoms. The number of nitrogens with zero attached hydrogens (tertiary/aromatic N) is 1. The minimum atomic E-state index is -3.57. The second-order valence-corrected chi connectivity index (χ2v) is 4.20. The molecule has 0 radical (unpaired) electrons. The minimum absolute atomic E-state index is 0.0246. The van der Waals surface area contributed by atoms with E-state index in [0.717, 1.165) is 13.3 Å². The average molecular weight is 295 g/mol. The predicted molar refractivity (Wildman–Crippen MR) is 63.7 cm³/mol. The molecule has 1 fully saturated rings. The summed E-state index contributed by atoms with van der Waals surface area (Å²) in [4.78, 5) is 14.0. The van der Waals surface area contributed by atoms with E-state index in [-0.39, 0.29) is 4.64 Å². The number of hydrogen-bond donors (Lipinski definition) is 3. The molecule has 1 aliphatic rings. The van der Waals surface area contributed by atoms with E-state index in [4.69, 9.17) is 16.3 Å². The van der Waals surface area contributed by atoms with Crippen LogP contribution in [0, 0.1) is 4.64 Å². The number of H-pyrrole nitrogens is 1. The first-order valence-corrected chi connectivity index (χ1v) is 5.53. The lowest BCUT2D eigenvalue weighted by atomic mass is 10.1. The smallest absolute Gasteiger partial charge is 0.328 e. The van der Waals surface area contributed by atoms with Gasteiger partial charge in [0.1, 0.15) is 23.4 Å². The predicted octanol–water partition coefficient (Wildman–Crippen LogP) is -0.531. The third-order valence-corrected chi connectivity index (χ3v) is 2.73. The topological polar surface area (TPSA) is 96.7 Å². The molecule has 1 aromatic rings. The Balaban J connectivity index is 2.58. The molecule has 9 heteroatoms. The van der Waals surface area contributed by atoms with Gasteiger partial charge in [-0.2, -0.15) is 0 Å². The number of aliphatic hydroxyl groups is 2. The quantitative estimate of drug-likeness (QED) is 0.649. The molecule has 4 atom stereocenters. The lowest BCUT2D eigenvalue weighted by molar-refractivity contribution is -0.211. The molecule has 0 saturated carbocycles. The summed E-state index contributed by atoms with van der Waals surface area (Å²) < 4.78 is 46.9. The SMILES string of the molecule is [2H]C([2H])(OC)[C@@]1(F)O[C@@]([2H])(n2ccc(=S)[nH]c2=O)[C@H](O)[C@@H]1O. The highest BCUT2D eigenvalue weighted by molar-refractivity contribution is 7.71. The Hall–Kier alpha value is -1.13. The van der Waals surface area contributed by atoms with E-state index in [1.54, 1.807) is 0 Å². The van der Waals surface area contributed by atoms with E-state index in [9.17, 15) is 19.4 Å². The van der Waals surface area contributed by atoms with Gasteiger partial charge in [0.15, 0.2) is 6.20 Å². The van der Waals surface area contributed by atoms with Gasteiger partial charge >= 0.3 is 5.69 Å². The lowest BCUT2D eigenvalue weighted by Crippen LogP contribution is -2.42. The van der Waals surface area contributed by atoms with Crippen molar-refractivity contribution in [2.24, 2.45) is 0 Å².